The molecule has 0 heterocycles. The quantitative estimate of drug-likeness (QED) is 0.153. The molecule has 4 heteroatoms. The first-order valence-electron chi connectivity index (χ1n) is 13.7. The van der Waals surface area contributed by atoms with E-state index in [1.165, 1.54) is 129 Å². The average molecular weight is 580 g/mol. The second-order valence-electron chi connectivity index (χ2n) is 10.2. The number of nitrogens with zero attached hydrogens (tertiary/aromatic N) is 1. The molecule has 0 atom stereocenters. The van der Waals surface area contributed by atoms with Crippen LogP contribution >= 0.6 is 0 Å². The summed E-state index contributed by atoms with van der Waals surface area (Å²) in [7, 11) is 0. The molecular formula is C31H65Fe2NO. The third-order valence-electron chi connectivity index (χ3n) is 7.38. The summed E-state index contributed by atoms with van der Waals surface area (Å²) in [5.74, 6) is 1.96. The van der Waals surface area contributed by atoms with Gasteiger partial charge in [0.25, 0.3) is 0 Å². The minimum atomic E-state index is 0. The van der Waals surface area contributed by atoms with Crippen LogP contribution in [0, 0.1) is 41.5 Å². The summed E-state index contributed by atoms with van der Waals surface area (Å²) in [6.45, 7) is 7.90. The third kappa shape index (κ3) is 25.0. The molecule has 0 unspecified atom stereocenters. The van der Waals surface area contributed by atoms with Gasteiger partial charge in [-0.25, -0.2) is 0 Å². The Kier molecular flexibility index (Phi) is 43.2. The Hall–Kier alpha value is 0.959. The SMILES string of the molecule is C1CCCC1.C1CCCC1.CCCOCCN(CC1CCCC1)CC1CCCC1.[CH3-].[CH3-].[CH3-].[CH3-].[Fe+2].[Fe+2]. The Morgan fingerprint density at radius 2 is 0.829 bits per heavy atom. The molecular weight excluding hydrogens is 514 g/mol. The molecule has 4 aliphatic carbocycles. The van der Waals surface area contributed by atoms with Crippen LogP contribution in [-0.2, 0) is 38.9 Å². The van der Waals surface area contributed by atoms with Gasteiger partial charge in [-0.2, -0.15) is 0 Å². The molecule has 0 bridgehead atoms. The standard InChI is InChI=1S/C17H33NO.2C5H10.4CH3.2Fe/c1-2-12-19-13-11-18(14-16-7-3-4-8-16)15-17-9-5-6-10-17;2*1-2-4-5-3-1;;;;;;/h16-17H,2-15H2,1H3;2*1-5H2;4*1H3;;/q;;;4*-1;2*+2. The number of hydrogen-bond donors (Lipinski definition) is 0. The van der Waals surface area contributed by atoms with Crippen LogP contribution in [0.25, 0.3) is 0 Å². The summed E-state index contributed by atoms with van der Waals surface area (Å²) in [6.07, 6.45) is 27.9. The van der Waals surface area contributed by atoms with Gasteiger partial charge in [0.1, 0.15) is 0 Å². The van der Waals surface area contributed by atoms with E-state index in [0.29, 0.717) is 0 Å². The molecule has 0 N–H and O–H groups in total. The van der Waals surface area contributed by atoms with E-state index >= 15 is 0 Å². The first-order chi connectivity index (χ1) is 14.4. The average Bonchev–Trinajstić information content (AvgIpc) is 3.55. The Morgan fingerprint density at radius 3 is 1.11 bits per heavy atom. The van der Waals surface area contributed by atoms with Crippen molar-refractivity contribution in [3.05, 3.63) is 29.7 Å². The second kappa shape index (κ2) is 33.0. The predicted octanol–water partition coefficient (Wildman–Crippen LogP) is 9.79. The fourth-order valence-corrected chi connectivity index (χ4v) is 5.58. The van der Waals surface area contributed by atoms with Crippen molar-refractivity contribution >= 4 is 0 Å². The molecule has 4 saturated carbocycles. The second-order valence-corrected chi connectivity index (χ2v) is 10.2. The van der Waals surface area contributed by atoms with Crippen molar-refractivity contribution in [2.75, 3.05) is 32.8 Å². The molecule has 35 heavy (non-hydrogen) atoms. The van der Waals surface area contributed by atoms with E-state index in [9.17, 15) is 0 Å². The zero-order chi connectivity index (χ0) is 20.4. The fraction of sp³-hybridized carbons (Fsp3) is 0.871. The van der Waals surface area contributed by atoms with Crippen LogP contribution in [0.4, 0.5) is 0 Å². The maximum atomic E-state index is 5.70. The summed E-state index contributed by atoms with van der Waals surface area (Å²) >= 11 is 0. The van der Waals surface area contributed by atoms with Crippen LogP contribution in [0.2, 0.25) is 0 Å². The van der Waals surface area contributed by atoms with Gasteiger partial charge < -0.3 is 39.3 Å². The minimum Gasteiger partial charge on any atom is -0.380 e. The van der Waals surface area contributed by atoms with Crippen LogP contribution in [0.15, 0.2) is 0 Å². The van der Waals surface area contributed by atoms with Crippen LogP contribution in [0.1, 0.15) is 129 Å². The van der Waals surface area contributed by atoms with Crippen molar-refractivity contribution in [1.82, 2.24) is 4.90 Å². The van der Waals surface area contributed by atoms with E-state index in [1.807, 2.05) is 0 Å². The van der Waals surface area contributed by atoms with Gasteiger partial charge in [-0.1, -0.05) is 96.8 Å². The van der Waals surface area contributed by atoms with Crippen molar-refractivity contribution in [2.24, 2.45) is 11.8 Å². The van der Waals surface area contributed by atoms with Gasteiger partial charge in [-0.15, -0.1) is 0 Å². The molecule has 216 valence electrons. The Labute approximate surface area is 246 Å². The van der Waals surface area contributed by atoms with E-state index in [2.05, 4.69) is 11.8 Å². The normalized spacial score (nSPS) is 18.7. The fourth-order valence-electron chi connectivity index (χ4n) is 5.58. The first-order valence-corrected chi connectivity index (χ1v) is 13.7. The van der Waals surface area contributed by atoms with E-state index in [-0.39, 0.29) is 63.8 Å². The molecule has 4 rings (SSSR count). The van der Waals surface area contributed by atoms with Gasteiger partial charge in [0.05, 0.1) is 6.61 Å². The van der Waals surface area contributed by atoms with Crippen molar-refractivity contribution in [1.29, 1.82) is 0 Å². The van der Waals surface area contributed by atoms with Crippen LogP contribution in [0.5, 0.6) is 0 Å². The molecule has 0 amide bonds. The third-order valence-corrected chi connectivity index (χ3v) is 7.38. The summed E-state index contributed by atoms with van der Waals surface area (Å²) in [5, 5.41) is 0. The van der Waals surface area contributed by atoms with Gasteiger partial charge in [0, 0.05) is 26.2 Å². The topological polar surface area (TPSA) is 12.5 Å². The number of rotatable bonds is 9. The molecule has 4 aliphatic rings. The van der Waals surface area contributed by atoms with E-state index < -0.39 is 0 Å². The van der Waals surface area contributed by atoms with Crippen LogP contribution in [0.3, 0.4) is 0 Å². The maximum absolute atomic E-state index is 5.70. The van der Waals surface area contributed by atoms with E-state index in [0.717, 1.165) is 38.0 Å². The Balaban J connectivity index is -0.000000158. The first kappa shape index (κ1) is 45.9. The summed E-state index contributed by atoms with van der Waals surface area (Å²) in [4.78, 5) is 2.72. The Bertz CT molecular complexity index is 307. The van der Waals surface area contributed by atoms with Crippen molar-refractivity contribution in [3.8, 4) is 0 Å². The van der Waals surface area contributed by atoms with Gasteiger partial charge in [0.15, 0.2) is 0 Å². The molecule has 0 saturated heterocycles. The molecule has 0 aromatic heterocycles. The Morgan fingerprint density at radius 1 is 0.514 bits per heavy atom. The number of hydrogen-bond acceptors (Lipinski definition) is 2. The van der Waals surface area contributed by atoms with Crippen LogP contribution < -0.4 is 0 Å². The van der Waals surface area contributed by atoms with Gasteiger partial charge in [-0.3, -0.25) is 0 Å². The van der Waals surface area contributed by atoms with Crippen molar-refractivity contribution < 1.29 is 38.9 Å². The van der Waals surface area contributed by atoms with E-state index in [1.54, 1.807) is 0 Å². The maximum Gasteiger partial charge on any atom is 2.00 e. The molecule has 0 radical (unpaired) electrons. The van der Waals surface area contributed by atoms with Crippen molar-refractivity contribution in [2.45, 2.75) is 129 Å². The minimum absolute atomic E-state index is 0. The molecule has 0 aromatic rings. The summed E-state index contributed by atoms with van der Waals surface area (Å²) in [5.41, 5.74) is 0. The monoisotopic (exact) mass is 579 g/mol. The van der Waals surface area contributed by atoms with Crippen LogP contribution in [-0.4, -0.2) is 37.7 Å². The molecule has 4 fully saturated rings. The van der Waals surface area contributed by atoms with E-state index in [4.69, 9.17) is 4.74 Å². The smallest absolute Gasteiger partial charge is 0.380 e. The predicted molar refractivity (Wildman–Crippen MR) is 153 cm³/mol. The zero-order valence-electron chi connectivity index (χ0n) is 24.7. The number of ether oxygens (including phenoxy) is 1. The molecule has 0 aliphatic heterocycles. The van der Waals surface area contributed by atoms with Gasteiger partial charge in [0.2, 0.25) is 0 Å². The summed E-state index contributed by atoms with van der Waals surface area (Å²) < 4.78 is 5.70. The van der Waals surface area contributed by atoms with Gasteiger partial charge >= 0.3 is 34.1 Å². The summed E-state index contributed by atoms with van der Waals surface area (Å²) in [6, 6.07) is 0. The molecule has 0 aromatic carbocycles. The largest absolute Gasteiger partial charge is 2.00 e. The zero-order valence-corrected chi connectivity index (χ0v) is 26.9. The van der Waals surface area contributed by atoms with Crippen molar-refractivity contribution in [3.63, 3.8) is 0 Å². The molecule has 2 nitrogen and oxygen atoms in total. The van der Waals surface area contributed by atoms with Gasteiger partial charge in [-0.05, 0) is 43.9 Å². The molecule has 0 spiro atoms.